The molecule has 1 saturated heterocycles. The van der Waals surface area contributed by atoms with Crippen molar-refractivity contribution in [3.63, 3.8) is 0 Å². The maximum absolute atomic E-state index is 12.2. The van der Waals surface area contributed by atoms with Crippen LogP contribution in [0.5, 0.6) is 0 Å². The van der Waals surface area contributed by atoms with E-state index in [-0.39, 0.29) is 18.4 Å². The molecule has 0 radical (unpaired) electrons. The Bertz CT molecular complexity index is 751. The summed E-state index contributed by atoms with van der Waals surface area (Å²) in [5.74, 6) is -0.274. The number of likely N-dealkylation sites (tertiary alicyclic amines) is 1. The second-order valence-corrected chi connectivity index (χ2v) is 8.37. The molecule has 1 fully saturated rings. The molecule has 1 aliphatic rings. The summed E-state index contributed by atoms with van der Waals surface area (Å²) in [6.07, 6.45) is 5.30. The summed E-state index contributed by atoms with van der Waals surface area (Å²) in [7, 11) is 1.65. The molecule has 28 heavy (non-hydrogen) atoms. The summed E-state index contributed by atoms with van der Waals surface area (Å²) in [6, 6.07) is 12.1. The summed E-state index contributed by atoms with van der Waals surface area (Å²) in [5, 5.41) is 4.76. The van der Waals surface area contributed by atoms with Crippen molar-refractivity contribution < 1.29 is 9.59 Å². The first-order valence-corrected chi connectivity index (χ1v) is 10.9. The molecule has 0 atom stereocenters. The Morgan fingerprint density at radius 3 is 2.36 bits per heavy atom. The molecular formula is C22H29N3O2S. The van der Waals surface area contributed by atoms with E-state index >= 15 is 0 Å². The lowest BCUT2D eigenvalue weighted by Crippen LogP contribution is -2.37. The van der Waals surface area contributed by atoms with Gasteiger partial charge in [0.2, 0.25) is 5.91 Å². The fraction of sp³-hybridized carbons (Fsp3) is 0.455. The largest absolute Gasteiger partial charge is 0.350 e. The number of carbonyl (C=O) groups is 2. The molecule has 0 unspecified atom stereocenters. The molecule has 0 bridgehead atoms. The molecule has 1 aliphatic heterocycles. The molecule has 2 aromatic rings. The van der Waals surface area contributed by atoms with E-state index in [2.05, 4.69) is 34.5 Å². The fourth-order valence-electron chi connectivity index (χ4n) is 3.45. The third kappa shape index (κ3) is 6.17. The Morgan fingerprint density at radius 2 is 1.71 bits per heavy atom. The van der Waals surface area contributed by atoms with Gasteiger partial charge in [0.05, 0.1) is 11.4 Å². The normalized spacial score (nSPS) is 15.0. The van der Waals surface area contributed by atoms with Gasteiger partial charge in [-0.2, -0.15) is 0 Å². The van der Waals surface area contributed by atoms with E-state index in [0.717, 1.165) is 12.1 Å². The second kappa shape index (κ2) is 10.4. The molecular weight excluding hydrogens is 370 g/mol. The predicted molar refractivity (Wildman–Crippen MR) is 113 cm³/mol. The van der Waals surface area contributed by atoms with Crippen LogP contribution in [0.15, 0.2) is 41.8 Å². The lowest BCUT2D eigenvalue weighted by molar-refractivity contribution is -0.121. The molecule has 0 saturated carbocycles. The van der Waals surface area contributed by atoms with Gasteiger partial charge in [-0.05, 0) is 48.5 Å². The number of carbonyl (C=O) groups excluding carboxylic acids is 2. The van der Waals surface area contributed by atoms with Gasteiger partial charge in [-0.1, -0.05) is 43.2 Å². The Kier molecular flexibility index (Phi) is 7.62. The third-order valence-electron chi connectivity index (χ3n) is 5.08. The number of nitrogens with zero attached hydrogens (tertiary/aromatic N) is 2. The van der Waals surface area contributed by atoms with Gasteiger partial charge in [0.15, 0.2) is 0 Å². The van der Waals surface area contributed by atoms with Crippen LogP contribution >= 0.6 is 11.3 Å². The number of hydrogen-bond donors (Lipinski definition) is 1. The van der Waals surface area contributed by atoms with Gasteiger partial charge in [0, 0.05) is 20.1 Å². The molecule has 1 N–H and O–H groups in total. The van der Waals surface area contributed by atoms with Gasteiger partial charge >= 0.3 is 0 Å². The number of rotatable bonds is 7. The third-order valence-corrected chi connectivity index (χ3v) is 5.93. The van der Waals surface area contributed by atoms with Crippen molar-refractivity contribution in [3.05, 3.63) is 57.8 Å². The van der Waals surface area contributed by atoms with E-state index < -0.39 is 0 Å². The molecule has 150 valence electrons. The summed E-state index contributed by atoms with van der Waals surface area (Å²) >= 11 is 1.39. The maximum Gasteiger partial charge on any atom is 0.264 e. The highest BCUT2D eigenvalue weighted by atomic mass is 32.1. The number of nitrogens with one attached hydrogen (secondary N) is 1. The summed E-state index contributed by atoms with van der Waals surface area (Å²) in [5.41, 5.74) is 2.39. The summed E-state index contributed by atoms with van der Waals surface area (Å²) in [4.78, 5) is 29.0. The van der Waals surface area contributed by atoms with E-state index in [4.69, 9.17) is 0 Å². The summed E-state index contributed by atoms with van der Waals surface area (Å²) in [6.45, 7) is 3.92. The standard InChI is InChI=1S/C22H29N3O2S/c1-24(22(27)20-7-6-14-28-20)17-21(26)23-15-18-8-10-19(11-9-18)16-25-12-4-2-3-5-13-25/h6-11,14H,2-5,12-13,15-17H2,1H3,(H,23,26). The Hall–Kier alpha value is -2.18. The minimum Gasteiger partial charge on any atom is -0.350 e. The number of likely N-dealkylation sites (N-methyl/N-ethyl adjacent to an activating group) is 1. The van der Waals surface area contributed by atoms with Crippen LogP contribution in [0.3, 0.4) is 0 Å². The average Bonchev–Trinajstić information content (AvgIpc) is 3.12. The minimum atomic E-state index is -0.152. The first-order chi connectivity index (χ1) is 13.6. The van der Waals surface area contributed by atoms with Gasteiger partial charge in [0.25, 0.3) is 5.91 Å². The van der Waals surface area contributed by atoms with Gasteiger partial charge in [-0.3, -0.25) is 14.5 Å². The van der Waals surface area contributed by atoms with Gasteiger partial charge in [0.1, 0.15) is 0 Å². The molecule has 0 aliphatic carbocycles. The smallest absolute Gasteiger partial charge is 0.264 e. The van der Waals surface area contributed by atoms with Crippen LogP contribution in [-0.4, -0.2) is 48.3 Å². The average molecular weight is 400 g/mol. The van der Waals surface area contributed by atoms with Crippen LogP contribution in [0.4, 0.5) is 0 Å². The van der Waals surface area contributed by atoms with E-state index in [0.29, 0.717) is 11.4 Å². The Labute approximate surface area is 171 Å². The number of amides is 2. The highest BCUT2D eigenvalue weighted by molar-refractivity contribution is 7.12. The van der Waals surface area contributed by atoms with Crippen molar-refractivity contribution in [1.82, 2.24) is 15.1 Å². The van der Waals surface area contributed by atoms with Crippen molar-refractivity contribution in [1.29, 1.82) is 0 Å². The highest BCUT2D eigenvalue weighted by Gasteiger charge is 2.15. The van der Waals surface area contributed by atoms with Crippen molar-refractivity contribution >= 4 is 23.2 Å². The zero-order chi connectivity index (χ0) is 19.8. The van der Waals surface area contributed by atoms with Crippen LogP contribution in [0.2, 0.25) is 0 Å². The number of thiophene rings is 1. The molecule has 6 heteroatoms. The minimum absolute atomic E-state index is 0.0593. The van der Waals surface area contributed by atoms with Crippen LogP contribution in [0.1, 0.15) is 46.5 Å². The molecule has 2 heterocycles. The molecule has 5 nitrogen and oxygen atoms in total. The van der Waals surface area contributed by atoms with Crippen LogP contribution in [0, 0.1) is 0 Å². The van der Waals surface area contributed by atoms with Crippen molar-refractivity contribution in [2.45, 2.75) is 38.8 Å². The zero-order valence-electron chi connectivity index (χ0n) is 16.5. The first kappa shape index (κ1) is 20.6. The molecule has 3 rings (SSSR count). The highest BCUT2D eigenvalue weighted by Crippen LogP contribution is 2.14. The van der Waals surface area contributed by atoms with Crippen molar-refractivity contribution in [3.8, 4) is 0 Å². The predicted octanol–water partition coefficient (Wildman–Crippen LogP) is 3.51. The van der Waals surface area contributed by atoms with Crippen LogP contribution < -0.4 is 5.32 Å². The maximum atomic E-state index is 12.2. The van der Waals surface area contributed by atoms with Crippen molar-refractivity contribution in [2.24, 2.45) is 0 Å². The van der Waals surface area contributed by atoms with Crippen LogP contribution in [0.25, 0.3) is 0 Å². The fourth-order valence-corrected chi connectivity index (χ4v) is 4.16. The quantitative estimate of drug-likeness (QED) is 0.775. The lowest BCUT2D eigenvalue weighted by Gasteiger charge is -2.20. The van der Waals surface area contributed by atoms with E-state index in [9.17, 15) is 9.59 Å². The second-order valence-electron chi connectivity index (χ2n) is 7.42. The molecule has 2 amide bonds. The number of hydrogen-bond acceptors (Lipinski definition) is 4. The molecule has 1 aromatic heterocycles. The number of benzene rings is 1. The SMILES string of the molecule is CN(CC(=O)NCc1ccc(CN2CCCCCC2)cc1)C(=O)c1cccs1. The van der Waals surface area contributed by atoms with E-state index in [1.807, 2.05) is 11.4 Å². The zero-order valence-corrected chi connectivity index (χ0v) is 17.3. The van der Waals surface area contributed by atoms with E-state index in [1.165, 1.54) is 60.6 Å². The van der Waals surface area contributed by atoms with E-state index in [1.54, 1.807) is 13.1 Å². The topological polar surface area (TPSA) is 52.7 Å². The van der Waals surface area contributed by atoms with Gasteiger partial charge in [-0.25, -0.2) is 0 Å². The molecule has 0 spiro atoms. The first-order valence-electron chi connectivity index (χ1n) is 9.97. The van der Waals surface area contributed by atoms with Gasteiger partial charge in [-0.15, -0.1) is 11.3 Å². The summed E-state index contributed by atoms with van der Waals surface area (Å²) < 4.78 is 0. The van der Waals surface area contributed by atoms with Crippen molar-refractivity contribution in [2.75, 3.05) is 26.7 Å². The molecule has 1 aromatic carbocycles. The monoisotopic (exact) mass is 399 g/mol. The van der Waals surface area contributed by atoms with Crippen LogP contribution in [-0.2, 0) is 17.9 Å². The lowest BCUT2D eigenvalue weighted by atomic mass is 10.1. The van der Waals surface area contributed by atoms with Gasteiger partial charge < -0.3 is 10.2 Å². The Balaban J connectivity index is 1.42. The Morgan fingerprint density at radius 1 is 1.04 bits per heavy atom.